The van der Waals surface area contributed by atoms with Crippen LogP contribution in [-0.2, 0) is 11.3 Å². The highest BCUT2D eigenvalue weighted by molar-refractivity contribution is 6.00. The van der Waals surface area contributed by atoms with Crippen LogP contribution in [0.1, 0.15) is 30.1 Å². The molecule has 0 amide bonds. The normalized spacial score (nSPS) is 11.0. The Labute approximate surface area is 111 Å². The first-order valence-electron chi connectivity index (χ1n) is 6.37. The zero-order valence-electron chi connectivity index (χ0n) is 10.9. The number of benzene rings is 1. The number of rotatable bonds is 7. The molecule has 0 saturated heterocycles. The number of fused-ring (bicyclic) bond motifs is 1. The maximum absolute atomic E-state index is 11.1. The molecule has 1 heterocycles. The summed E-state index contributed by atoms with van der Waals surface area (Å²) >= 11 is 0. The molecule has 0 spiro atoms. The Morgan fingerprint density at radius 3 is 3.00 bits per heavy atom. The van der Waals surface area contributed by atoms with Crippen LogP contribution in [0.4, 0.5) is 0 Å². The lowest BCUT2D eigenvalue weighted by molar-refractivity contribution is 0.0699. The molecule has 0 radical (unpaired) electrons. The van der Waals surface area contributed by atoms with Crippen molar-refractivity contribution in [1.82, 2.24) is 15.0 Å². The van der Waals surface area contributed by atoms with Crippen molar-refractivity contribution >= 4 is 17.0 Å². The monoisotopic (exact) mass is 263 g/mol. The molecule has 19 heavy (non-hydrogen) atoms. The van der Waals surface area contributed by atoms with Gasteiger partial charge >= 0.3 is 5.97 Å². The summed E-state index contributed by atoms with van der Waals surface area (Å²) < 4.78 is 7.14. The molecule has 0 atom stereocenters. The first-order chi connectivity index (χ1) is 9.24. The van der Waals surface area contributed by atoms with Crippen LogP contribution in [0.5, 0.6) is 0 Å². The van der Waals surface area contributed by atoms with Gasteiger partial charge in [0.1, 0.15) is 5.52 Å². The molecule has 1 aromatic heterocycles. The van der Waals surface area contributed by atoms with Gasteiger partial charge < -0.3 is 9.84 Å². The fraction of sp³-hybridized carbons (Fsp3) is 0.462. The standard InChI is InChI=1S/C13H17N3O3/c1-2-3-8-19-9-7-16-11-6-4-5-10(13(17)18)12(11)14-15-16/h4-6H,2-3,7-9H2,1H3,(H,17,18). The summed E-state index contributed by atoms with van der Waals surface area (Å²) in [5.74, 6) is -0.989. The number of carbonyl (C=O) groups is 1. The van der Waals surface area contributed by atoms with Gasteiger partial charge in [-0.25, -0.2) is 9.48 Å². The largest absolute Gasteiger partial charge is 0.478 e. The van der Waals surface area contributed by atoms with E-state index in [0.717, 1.165) is 25.0 Å². The van der Waals surface area contributed by atoms with Crippen molar-refractivity contribution in [2.24, 2.45) is 0 Å². The maximum atomic E-state index is 11.1. The summed E-state index contributed by atoms with van der Waals surface area (Å²) in [4.78, 5) is 11.1. The molecule has 0 saturated carbocycles. The minimum atomic E-state index is -0.989. The lowest BCUT2D eigenvalue weighted by atomic mass is 10.2. The number of unbranched alkanes of at least 4 members (excludes halogenated alkanes) is 1. The van der Waals surface area contributed by atoms with E-state index in [9.17, 15) is 4.79 Å². The van der Waals surface area contributed by atoms with Gasteiger partial charge in [0.25, 0.3) is 0 Å². The number of aromatic carboxylic acids is 1. The van der Waals surface area contributed by atoms with Gasteiger partial charge in [0.15, 0.2) is 0 Å². The van der Waals surface area contributed by atoms with Crippen LogP contribution in [0, 0.1) is 0 Å². The Bertz CT molecular complexity index is 565. The highest BCUT2D eigenvalue weighted by atomic mass is 16.5. The van der Waals surface area contributed by atoms with E-state index in [0.29, 0.717) is 18.7 Å². The third-order valence-electron chi connectivity index (χ3n) is 2.87. The van der Waals surface area contributed by atoms with Gasteiger partial charge in [-0.3, -0.25) is 0 Å². The van der Waals surface area contributed by atoms with Gasteiger partial charge in [-0.15, -0.1) is 5.10 Å². The highest BCUT2D eigenvalue weighted by Gasteiger charge is 2.13. The zero-order chi connectivity index (χ0) is 13.7. The quantitative estimate of drug-likeness (QED) is 0.772. The lowest BCUT2D eigenvalue weighted by Crippen LogP contribution is -2.08. The van der Waals surface area contributed by atoms with Crippen molar-refractivity contribution in [3.63, 3.8) is 0 Å². The van der Waals surface area contributed by atoms with Crippen LogP contribution in [0.2, 0.25) is 0 Å². The molecule has 102 valence electrons. The van der Waals surface area contributed by atoms with Crippen molar-refractivity contribution in [3.8, 4) is 0 Å². The number of carboxylic acid groups (broad SMARTS) is 1. The second-order valence-electron chi connectivity index (χ2n) is 4.26. The van der Waals surface area contributed by atoms with Gasteiger partial charge in [-0.2, -0.15) is 0 Å². The summed E-state index contributed by atoms with van der Waals surface area (Å²) in [6, 6.07) is 5.04. The molecular weight excluding hydrogens is 246 g/mol. The Hall–Kier alpha value is -1.95. The van der Waals surface area contributed by atoms with Gasteiger partial charge in [-0.05, 0) is 18.6 Å². The second kappa shape index (κ2) is 6.29. The predicted molar refractivity (Wildman–Crippen MR) is 70.2 cm³/mol. The Morgan fingerprint density at radius 1 is 1.42 bits per heavy atom. The maximum Gasteiger partial charge on any atom is 0.338 e. The molecule has 1 aromatic carbocycles. The minimum Gasteiger partial charge on any atom is -0.478 e. The zero-order valence-corrected chi connectivity index (χ0v) is 10.9. The third kappa shape index (κ3) is 3.08. The third-order valence-corrected chi connectivity index (χ3v) is 2.87. The molecule has 0 unspecified atom stereocenters. The summed E-state index contributed by atoms with van der Waals surface area (Å²) in [6.07, 6.45) is 2.15. The SMILES string of the molecule is CCCCOCCn1nnc2c(C(=O)O)cccc21. The molecule has 1 N–H and O–H groups in total. The Morgan fingerprint density at radius 2 is 2.26 bits per heavy atom. The van der Waals surface area contributed by atoms with E-state index in [1.807, 2.05) is 6.07 Å². The van der Waals surface area contributed by atoms with Crippen molar-refractivity contribution < 1.29 is 14.6 Å². The first kappa shape index (κ1) is 13.5. The van der Waals surface area contributed by atoms with Gasteiger partial charge in [0.05, 0.1) is 24.2 Å². The summed E-state index contributed by atoms with van der Waals surface area (Å²) in [5, 5.41) is 17.0. The lowest BCUT2D eigenvalue weighted by Gasteiger charge is -2.04. The van der Waals surface area contributed by atoms with Crippen molar-refractivity contribution in [2.75, 3.05) is 13.2 Å². The van der Waals surface area contributed by atoms with Crippen LogP contribution in [-0.4, -0.2) is 39.3 Å². The van der Waals surface area contributed by atoms with E-state index in [1.165, 1.54) is 6.07 Å². The average Bonchev–Trinajstić information content (AvgIpc) is 2.81. The Balaban J connectivity index is 2.08. The van der Waals surface area contributed by atoms with Gasteiger partial charge in [0.2, 0.25) is 0 Å². The van der Waals surface area contributed by atoms with Gasteiger partial charge in [0, 0.05) is 6.61 Å². The average molecular weight is 263 g/mol. The molecule has 0 fully saturated rings. The van der Waals surface area contributed by atoms with Crippen LogP contribution in [0.15, 0.2) is 18.2 Å². The molecule has 2 aromatic rings. The molecular formula is C13H17N3O3. The molecule has 2 rings (SSSR count). The summed E-state index contributed by atoms with van der Waals surface area (Å²) in [7, 11) is 0. The number of carboxylic acids is 1. The fourth-order valence-electron chi connectivity index (χ4n) is 1.83. The molecule has 6 heteroatoms. The van der Waals surface area contributed by atoms with Crippen LogP contribution in [0.3, 0.4) is 0 Å². The van der Waals surface area contributed by atoms with Crippen LogP contribution >= 0.6 is 0 Å². The minimum absolute atomic E-state index is 0.177. The first-order valence-corrected chi connectivity index (χ1v) is 6.37. The summed E-state index contributed by atoms with van der Waals surface area (Å²) in [5.41, 5.74) is 1.32. The molecule has 0 aliphatic carbocycles. The van der Waals surface area contributed by atoms with E-state index in [2.05, 4.69) is 17.2 Å². The topological polar surface area (TPSA) is 77.2 Å². The van der Waals surface area contributed by atoms with E-state index in [1.54, 1.807) is 10.7 Å². The van der Waals surface area contributed by atoms with Gasteiger partial charge in [-0.1, -0.05) is 24.6 Å². The molecule has 0 aliphatic heterocycles. The molecule has 6 nitrogen and oxygen atoms in total. The second-order valence-corrected chi connectivity index (χ2v) is 4.26. The summed E-state index contributed by atoms with van der Waals surface area (Å²) in [6.45, 7) is 3.98. The molecule has 0 aliphatic rings. The van der Waals surface area contributed by atoms with Crippen molar-refractivity contribution in [1.29, 1.82) is 0 Å². The van der Waals surface area contributed by atoms with Crippen molar-refractivity contribution in [2.45, 2.75) is 26.3 Å². The smallest absolute Gasteiger partial charge is 0.338 e. The number of hydrogen-bond donors (Lipinski definition) is 1. The van der Waals surface area contributed by atoms with E-state index in [4.69, 9.17) is 9.84 Å². The Kier molecular flexibility index (Phi) is 4.46. The van der Waals surface area contributed by atoms with Crippen molar-refractivity contribution in [3.05, 3.63) is 23.8 Å². The number of hydrogen-bond acceptors (Lipinski definition) is 4. The highest BCUT2D eigenvalue weighted by Crippen LogP contribution is 2.15. The number of aromatic nitrogens is 3. The van der Waals surface area contributed by atoms with E-state index in [-0.39, 0.29) is 5.56 Å². The predicted octanol–water partition coefficient (Wildman–Crippen LogP) is 1.95. The molecule has 0 bridgehead atoms. The van der Waals surface area contributed by atoms with Crippen LogP contribution < -0.4 is 0 Å². The number of nitrogens with zero attached hydrogens (tertiary/aromatic N) is 3. The van der Waals surface area contributed by atoms with Crippen LogP contribution in [0.25, 0.3) is 11.0 Å². The fourth-order valence-corrected chi connectivity index (χ4v) is 1.83. The van der Waals surface area contributed by atoms with E-state index < -0.39 is 5.97 Å². The van der Waals surface area contributed by atoms with E-state index >= 15 is 0 Å². The number of ether oxygens (including phenoxy) is 1.